The Morgan fingerprint density at radius 2 is 1.96 bits per heavy atom. The highest BCUT2D eigenvalue weighted by Gasteiger charge is 2.07. The van der Waals surface area contributed by atoms with E-state index in [1.54, 1.807) is 14.2 Å². The van der Waals surface area contributed by atoms with Gasteiger partial charge in [-0.1, -0.05) is 18.2 Å². The molecule has 0 aliphatic rings. The van der Waals surface area contributed by atoms with Crippen molar-refractivity contribution >= 4 is 5.96 Å². The van der Waals surface area contributed by atoms with Gasteiger partial charge in [0.2, 0.25) is 0 Å². The first kappa shape index (κ1) is 16.8. The van der Waals surface area contributed by atoms with Crippen LogP contribution in [0.2, 0.25) is 0 Å². The van der Waals surface area contributed by atoms with E-state index >= 15 is 0 Å². The Hall–Kier alpha value is -2.56. The van der Waals surface area contributed by atoms with Crippen molar-refractivity contribution in [2.45, 2.75) is 20.0 Å². The van der Waals surface area contributed by atoms with Crippen molar-refractivity contribution in [3.05, 3.63) is 59.4 Å². The van der Waals surface area contributed by atoms with Crippen LogP contribution in [0.3, 0.4) is 0 Å². The number of hydrogen-bond donors (Lipinski definition) is 1. The molecule has 5 heteroatoms. The molecule has 0 radical (unpaired) electrons. The molecule has 0 saturated carbocycles. The first-order valence-electron chi connectivity index (χ1n) is 7.59. The van der Waals surface area contributed by atoms with Crippen LogP contribution in [0, 0.1) is 6.92 Å². The molecule has 0 aliphatic heterocycles. The third-order valence-electron chi connectivity index (χ3n) is 3.53. The Labute approximate surface area is 138 Å². The minimum atomic E-state index is 0.654. The Morgan fingerprint density at radius 1 is 1.22 bits per heavy atom. The van der Waals surface area contributed by atoms with Crippen LogP contribution < -0.4 is 10.1 Å². The van der Waals surface area contributed by atoms with Gasteiger partial charge in [0.05, 0.1) is 19.3 Å². The van der Waals surface area contributed by atoms with Gasteiger partial charge in [0, 0.05) is 26.3 Å². The minimum absolute atomic E-state index is 0.654. The molecule has 122 valence electrons. The van der Waals surface area contributed by atoms with Crippen LogP contribution in [0.15, 0.2) is 47.5 Å². The van der Waals surface area contributed by atoms with Gasteiger partial charge in [0.1, 0.15) is 5.75 Å². The summed E-state index contributed by atoms with van der Waals surface area (Å²) in [4.78, 5) is 10.9. The summed E-state index contributed by atoms with van der Waals surface area (Å²) in [5.74, 6) is 1.70. The molecule has 1 N–H and O–H groups in total. The lowest BCUT2D eigenvalue weighted by atomic mass is 10.2. The number of nitrogens with one attached hydrogen (secondary N) is 1. The van der Waals surface area contributed by atoms with Gasteiger partial charge in [-0.25, -0.2) is 0 Å². The number of aromatic nitrogens is 1. The van der Waals surface area contributed by atoms with Crippen molar-refractivity contribution in [3.8, 4) is 5.75 Å². The zero-order valence-corrected chi connectivity index (χ0v) is 14.2. The van der Waals surface area contributed by atoms with Gasteiger partial charge in [-0.2, -0.15) is 0 Å². The number of guanidine groups is 1. The fraction of sp³-hybridized carbons (Fsp3) is 0.333. The summed E-state index contributed by atoms with van der Waals surface area (Å²) in [6.07, 6.45) is 0. The molecule has 0 unspecified atom stereocenters. The smallest absolute Gasteiger partial charge is 0.194 e. The van der Waals surface area contributed by atoms with E-state index in [9.17, 15) is 0 Å². The predicted octanol–water partition coefficient (Wildman–Crippen LogP) is 2.61. The minimum Gasteiger partial charge on any atom is -0.497 e. The number of nitrogens with zero attached hydrogens (tertiary/aromatic N) is 3. The molecule has 0 bridgehead atoms. The molecule has 2 rings (SSSR count). The Balaban J connectivity index is 1.94. The number of benzene rings is 1. The molecule has 1 aromatic heterocycles. The van der Waals surface area contributed by atoms with Crippen LogP contribution in [0.25, 0.3) is 0 Å². The number of methoxy groups -OCH3 is 1. The van der Waals surface area contributed by atoms with E-state index in [1.165, 1.54) is 5.56 Å². The first-order chi connectivity index (χ1) is 11.1. The van der Waals surface area contributed by atoms with Gasteiger partial charge in [0.15, 0.2) is 5.96 Å². The number of rotatable bonds is 5. The number of pyridine rings is 1. The highest BCUT2D eigenvalue weighted by molar-refractivity contribution is 5.79. The molecule has 0 fully saturated rings. The molecule has 0 spiro atoms. The number of aryl methyl sites for hydroxylation is 1. The van der Waals surface area contributed by atoms with Crippen molar-refractivity contribution in [1.29, 1.82) is 0 Å². The van der Waals surface area contributed by atoms with E-state index in [2.05, 4.69) is 32.3 Å². The van der Waals surface area contributed by atoms with Gasteiger partial charge < -0.3 is 15.0 Å². The molecule has 1 aromatic carbocycles. The maximum atomic E-state index is 5.18. The summed E-state index contributed by atoms with van der Waals surface area (Å²) in [5.41, 5.74) is 3.22. The van der Waals surface area contributed by atoms with Crippen molar-refractivity contribution in [1.82, 2.24) is 15.2 Å². The summed E-state index contributed by atoms with van der Waals surface area (Å²) >= 11 is 0. The number of ether oxygens (including phenoxy) is 1. The molecular weight excluding hydrogens is 288 g/mol. The largest absolute Gasteiger partial charge is 0.497 e. The van der Waals surface area contributed by atoms with Crippen molar-refractivity contribution in [3.63, 3.8) is 0 Å². The van der Waals surface area contributed by atoms with E-state index in [0.29, 0.717) is 6.54 Å². The third kappa shape index (κ3) is 4.98. The maximum absolute atomic E-state index is 5.18. The lowest BCUT2D eigenvalue weighted by molar-refractivity contribution is 0.414. The summed E-state index contributed by atoms with van der Waals surface area (Å²) < 4.78 is 5.18. The molecule has 0 aliphatic carbocycles. The second-order valence-corrected chi connectivity index (χ2v) is 5.38. The Kier molecular flexibility index (Phi) is 5.97. The fourth-order valence-corrected chi connectivity index (χ4v) is 2.33. The van der Waals surface area contributed by atoms with Gasteiger partial charge >= 0.3 is 0 Å². The number of aliphatic imine (C=N–C) groups is 1. The SMILES string of the molecule is CN=C(NCc1cccc(C)n1)N(C)Cc1ccc(OC)cc1. The maximum Gasteiger partial charge on any atom is 0.194 e. The van der Waals surface area contributed by atoms with Crippen LogP contribution in [0.5, 0.6) is 5.75 Å². The lowest BCUT2D eigenvalue weighted by Crippen LogP contribution is -2.38. The van der Waals surface area contributed by atoms with E-state index in [-0.39, 0.29) is 0 Å². The molecule has 1 heterocycles. The zero-order valence-electron chi connectivity index (χ0n) is 14.2. The highest BCUT2D eigenvalue weighted by Crippen LogP contribution is 2.12. The molecule has 0 atom stereocenters. The Bertz CT molecular complexity index is 652. The molecular formula is C18H24N4O. The predicted molar refractivity (Wildman–Crippen MR) is 93.6 cm³/mol. The van der Waals surface area contributed by atoms with E-state index in [1.807, 2.05) is 44.3 Å². The summed E-state index contributed by atoms with van der Waals surface area (Å²) in [7, 11) is 5.48. The third-order valence-corrected chi connectivity index (χ3v) is 3.53. The van der Waals surface area contributed by atoms with Crippen LogP contribution in [-0.2, 0) is 13.1 Å². The summed E-state index contributed by atoms with van der Waals surface area (Å²) in [5, 5.41) is 3.34. The average molecular weight is 312 g/mol. The Morgan fingerprint density at radius 3 is 2.57 bits per heavy atom. The van der Waals surface area contributed by atoms with Crippen LogP contribution in [0.1, 0.15) is 17.0 Å². The van der Waals surface area contributed by atoms with Gasteiger partial charge in [0.25, 0.3) is 0 Å². The van der Waals surface area contributed by atoms with Crippen LogP contribution in [0.4, 0.5) is 0 Å². The fourth-order valence-electron chi connectivity index (χ4n) is 2.33. The molecule has 5 nitrogen and oxygen atoms in total. The first-order valence-corrected chi connectivity index (χ1v) is 7.59. The number of hydrogen-bond acceptors (Lipinski definition) is 3. The lowest BCUT2D eigenvalue weighted by Gasteiger charge is -2.22. The van der Waals surface area contributed by atoms with E-state index in [4.69, 9.17) is 4.74 Å². The van der Waals surface area contributed by atoms with Gasteiger partial charge in [-0.05, 0) is 36.8 Å². The zero-order chi connectivity index (χ0) is 16.7. The van der Waals surface area contributed by atoms with Crippen LogP contribution in [-0.4, -0.2) is 37.0 Å². The normalized spacial score (nSPS) is 11.2. The van der Waals surface area contributed by atoms with Gasteiger partial charge in [-0.15, -0.1) is 0 Å². The summed E-state index contributed by atoms with van der Waals surface area (Å²) in [6.45, 7) is 3.42. The second kappa shape index (κ2) is 8.17. The topological polar surface area (TPSA) is 49.8 Å². The average Bonchev–Trinajstić information content (AvgIpc) is 2.56. The van der Waals surface area contributed by atoms with Crippen LogP contribution >= 0.6 is 0 Å². The standard InChI is InChI=1S/C18H24N4O/c1-14-6-5-7-16(21-14)12-20-18(19-2)22(3)13-15-8-10-17(23-4)11-9-15/h5-11H,12-13H2,1-4H3,(H,19,20). The second-order valence-electron chi connectivity index (χ2n) is 5.38. The monoisotopic (exact) mass is 312 g/mol. The van der Waals surface area contributed by atoms with Gasteiger partial charge in [-0.3, -0.25) is 9.98 Å². The highest BCUT2D eigenvalue weighted by atomic mass is 16.5. The molecule has 0 amide bonds. The van der Waals surface area contributed by atoms with E-state index < -0.39 is 0 Å². The van der Waals surface area contributed by atoms with Crippen molar-refractivity contribution < 1.29 is 4.74 Å². The van der Waals surface area contributed by atoms with Crippen molar-refractivity contribution in [2.75, 3.05) is 21.2 Å². The quantitative estimate of drug-likeness (QED) is 0.681. The summed E-state index contributed by atoms with van der Waals surface area (Å²) in [6, 6.07) is 14.1. The van der Waals surface area contributed by atoms with Crippen molar-refractivity contribution in [2.24, 2.45) is 4.99 Å². The molecule has 0 saturated heterocycles. The molecule has 2 aromatic rings. The molecule has 23 heavy (non-hydrogen) atoms. The van der Waals surface area contributed by atoms with E-state index in [0.717, 1.165) is 29.6 Å².